The summed E-state index contributed by atoms with van der Waals surface area (Å²) in [6, 6.07) is 5.09. The molecule has 116 valence electrons. The van der Waals surface area contributed by atoms with Crippen LogP contribution in [0.25, 0.3) is 0 Å². The lowest BCUT2D eigenvalue weighted by Gasteiger charge is -2.31. The van der Waals surface area contributed by atoms with Gasteiger partial charge in [-0.3, -0.25) is 4.79 Å². The van der Waals surface area contributed by atoms with Gasteiger partial charge in [0.05, 0.1) is 0 Å². The number of nitrogens with zero attached hydrogens (tertiary/aromatic N) is 1. The Morgan fingerprint density at radius 1 is 1.29 bits per heavy atom. The van der Waals surface area contributed by atoms with E-state index < -0.39 is 0 Å². The molecule has 1 fully saturated rings. The minimum atomic E-state index is -0.204. The summed E-state index contributed by atoms with van der Waals surface area (Å²) in [6.07, 6.45) is 1.71. The molecule has 4 nitrogen and oxygen atoms in total. The molecule has 1 heterocycles. The first-order valence-electron chi connectivity index (χ1n) is 7.56. The van der Waals surface area contributed by atoms with Crippen LogP contribution in [-0.4, -0.2) is 40.7 Å². The molecule has 0 aromatic heterocycles. The van der Waals surface area contributed by atoms with Crippen molar-refractivity contribution in [3.63, 3.8) is 0 Å². The van der Waals surface area contributed by atoms with Crippen molar-refractivity contribution < 1.29 is 15.0 Å². The molecule has 1 amide bonds. The second-order valence-electron chi connectivity index (χ2n) is 6.90. The monoisotopic (exact) mass is 291 g/mol. The number of phenolic OH excluding ortho intramolecular Hbond substituents is 1. The van der Waals surface area contributed by atoms with Crippen LogP contribution in [0.4, 0.5) is 0 Å². The van der Waals surface area contributed by atoms with Crippen molar-refractivity contribution in [2.24, 2.45) is 5.92 Å². The number of aliphatic hydroxyl groups excluding tert-OH is 1. The summed E-state index contributed by atoms with van der Waals surface area (Å²) in [4.78, 5) is 14.4. The number of piperidine rings is 1. The van der Waals surface area contributed by atoms with E-state index >= 15 is 0 Å². The van der Waals surface area contributed by atoms with Crippen LogP contribution >= 0.6 is 0 Å². The van der Waals surface area contributed by atoms with Crippen molar-refractivity contribution in [2.45, 2.75) is 39.0 Å². The number of aliphatic hydroxyl groups is 1. The van der Waals surface area contributed by atoms with E-state index in [1.165, 1.54) is 0 Å². The van der Waals surface area contributed by atoms with Gasteiger partial charge in [0, 0.05) is 30.8 Å². The molecule has 21 heavy (non-hydrogen) atoms. The Balaban J connectivity index is 2.17. The quantitative estimate of drug-likeness (QED) is 0.880. The number of amides is 1. The highest BCUT2D eigenvalue weighted by molar-refractivity contribution is 5.94. The van der Waals surface area contributed by atoms with Gasteiger partial charge in [0.1, 0.15) is 5.75 Å². The lowest BCUT2D eigenvalue weighted by atomic mass is 9.85. The van der Waals surface area contributed by atoms with Crippen molar-refractivity contribution in [1.82, 2.24) is 4.90 Å². The highest BCUT2D eigenvalue weighted by Crippen LogP contribution is 2.31. The van der Waals surface area contributed by atoms with Crippen molar-refractivity contribution in [3.05, 3.63) is 29.3 Å². The molecule has 1 aliphatic heterocycles. The van der Waals surface area contributed by atoms with E-state index in [4.69, 9.17) is 5.11 Å². The minimum absolute atomic E-state index is 0.0110. The molecule has 1 aromatic rings. The highest BCUT2D eigenvalue weighted by atomic mass is 16.3. The topological polar surface area (TPSA) is 60.8 Å². The maximum atomic E-state index is 12.6. The molecule has 1 aromatic carbocycles. The molecule has 2 N–H and O–H groups in total. The number of aromatic hydroxyl groups is 1. The zero-order chi connectivity index (χ0) is 15.6. The number of benzene rings is 1. The normalized spacial score (nSPS) is 17.0. The SMILES string of the molecule is CC(C)(C)c1cc(C(=O)N2CCC(CO)CC2)ccc1O. The van der Waals surface area contributed by atoms with Crippen LogP contribution in [0.15, 0.2) is 18.2 Å². The first kappa shape index (κ1) is 15.8. The van der Waals surface area contributed by atoms with Crippen molar-refractivity contribution >= 4 is 5.91 Å². The van der Waals surface area contributed by atoms with Crippen molar-refractivity contribution in [2.75, 3.05) is 19.7 Å². The van der Waals surface area contributed by atoms with E-state index in [9.17, 15) is 9.90 Å². The summed E-state index contributed by atoms with van der Waals surface area (Å²) in [5.41, 5.74) is 1.21. The summed E-state index contributed by atoms with van der Waals surface area (Å²) in [5, 5.41) is 19.1. The molecule has 0 aliphatic carbocycles. The molecular weight excluding hydrogens is 266 g/mol. The zero-order valence-corrected chi connectivity index (χ0v) is 13.1. The first-order valence-corrected chi connectivity index (χ1v) is 7.56. The number of rotatable bonds is 2. The molecular formula is C17H25NO3. The third kappa shape index (κ3) is 3.56. The van der Waals surface area contributed by atoms with Crippen LogP contribution in [0, 0.1) is 5.92 Å². The summed E-state index contributed by atoms with van der Waals surface area (Å²) in [7, 11) is 0. The summed E-state index contributed by atoms with van der Waals surface area (Å²) < 4.78 is 0. The molecule has 1 saturated heterocycles. The number of hydrogen-bond acceptors (Lipinski definition) is 3. The number of likely N-dealkylation sites (tertiary alicyclic amines) is 1. The van der Waals surface area contributed by atoms with Crippen molar-refractivity contribution in [1.29, 1.82) is 0 Å². The van der Waals surface area contributed by atoms with E-state index in [0.29, 0.717) is 24.6 Å². The average Bonchev–Trinajstić information content (AvgIpc) is 2.46. The number of carbonyl (C=O) groups is 1. The molecule has 0 atom stereocenters. The zero-order valence-electron chi connectivity index (χ0n) is 13.1. The van der Waals surface area contributed by atoms with Crippen molar-refractivity contribution in [3.8, 4) is 5.75 Å². The van der Waals surface area contributed by atoms with Gasteiger partial charge >= 0.3 is 0 Å². The third-order valence-electron chi connectivity index (χ3n) is 4.21. The summed E-state index contributed by atoms with van der Waals surface area (Å²) in [5.74, 6) is 0.564. The van der Waals surface area contributed by atoms with Gasteiger partial charge in [0.2, 0.25) is 0 Å². The van der Waals surface area contributed by atoms with Gasteiger partial charge < -0.3 is 15.1 Å². The van der Waals surface area contributed by atoms with Crippen LogP contribution in [0.2, 0.25) is 0 Å². The van der Waals surface area contributed by atoms with Crippen LogP contribution < -0.4 is 0 Å². The second-order valence-corrected chi connectivity index (χ2v) is 6.90. The average molecular weight is 291 g/mol. The number of phenols is 1. The highest BCUT2D eigenvalue weighted by Gasteiger charge is 2.25. The first-order chi connectivity index (χ1) is 9.82. The van der Waals surface area contributed by atoms with Crippen LogP contribution in [-0.2, 0) is 5.41 Å². The maximum Gasteiger partial charge on any atom is 0.253 e. The van der Waals surface area contributed by atoms with Gasteiger partial charge in [-0.1, -0.05) is 20.8 Å². The van der Waals surface area contributed by atoms with E-state index in [2.05, 4.69) is 0 Å². The third-order valence-corrected chi connectivity index (χ3v) is 4.21. The van der Waals surface area contributed by atoms with E-state index in [-0.39, 0.29) is 23.7 Å². The Bertz CT molecular complexity index is 511. The molecule has 0 bridgehead atoms. The lowest BCUT2D eigenvalue weighted by molar-refractivity contribution is 0.0650. The van der Waals surface area contributed by atoms with Gasteiger partial charge in [-0.05, 0) is 42.4 Å². The Kier molecular flexibility index (Phi) is 4.57. The molecule has 1 aliphatic rings. The Morgan fingerprint density at radius 2 is 1.90 bits per heavy atom. The van der Waals surface area contributed by atoms with Gasteiger partial charge in [0.15, 0.2) is 0 Å². The summed E-state index contributed by atoms with van der Waals surface area (Å²) in [6.45, 7) is 7.64. The predicted octanol–water partition coefficient (Wildman–Crippen LogP) is 2.53. The van der Waals surface area contributed by atoms with E-state index in [1.807, 2.05) is 25.7 Å². The van der Waals surface area contributed by atoms with Gasteiger partial charge in [-0.15, -0.1) is 0 Å². The summed E-state index contributed by atoms with van der Waals surface area (Å²) >= 11 is 0. The largest absolute Gasteiger partial charge is 0.508 e. The molecule has 4 heteroatoms. The number of carbonyl (C=O) groups excluding carboxylic acids is 1. The van der Waals surface area contributed by atoms with E-state index in [0.717, 1.165) is 18.4 Å². The fraction of sp³-hybridized carbons (Fsp3) is 0.588. The minimum Gasteiger partial charge on any atom is -0.508 e. The van der Waals surface area contributed by atoms with Gasteiger partial charge in [0.25, 0.3) is 5.91 Å². The molecule has 0 unspecified atom stereocenters. The second kappa shape index (κ2) is 6.06. The molecule has 2 rings (SSSR count). The predicted molar refractivity (Wildman–Crippen MR) is 82.5 cm³/mol. The lowest BCUT2D eigenvalue weighted by Crippen LogP contribution is -2.39. The fourth-order valence-electron chi connectivity index (χ4n) is 2.77. The van der Waals surface area contributed by atoms with Crippen LogP contribution in [0.5, 0.6) is 5.75 Å². The maximum absolute atomic E-state index is 12.6. The fourth-order valence-corrected chi connectivity index (χ4v) is 2.77. The molecule has 0 spiro atoms. The van der Waals surface area contributed by atoms with Gasteiger partial charge in [-0.25, -0.2) is 0 Å². The molecule has 0 saturated carbocycles. The number of hydrogen-bond donors (Lipinski definition) is 2. The van der Waals surface area contributed by atoms with Crippen LogP contribution in [0.1, 0.15) is 49.5 Å². The van der Waals surface area contributed by atoms with Crippen LogP contribution in [0.3, 0.4) is 0 Å². The Hall–Kier alpha value is -1.55. The smallest absolute Gasteiger partial charge is 0.253 e. The Morgan fingerprint density at radius 3 is 2.43 bits per heavy atom. The van der Waals surface area contributed by atoms with E-state index in [1.54, 1.807) is 18.2 Å². The van der Waals surface area contributed by atoms with Gasteiger partial charge in [-0.2, -0.15) is 0 Å². The standard InChI is InChI=1S/C17H25NO3/c1-17(2,3)14-10-13(4-5-15(14)20)16(21)18-8-6-12(11-19)7-9-18/h4-5,10,12,19-20H,6-9,11H2,1-3H3. The Labute approximate surface area is 126 Å². The molecule has 0 radical (unpaired) electrons.